The number of methoxy groups -OCH3 is 1. The fraction of sp³-hybridized carbons (Fsp3) is 0.385. The summed E-state index contributed by atoms with van der Waals surface area (Å²) in [7, 11) is 1.53. The molecule has 0 amide bonds. The predicted octanol–water partition coefficient (Wildman–Crippen LogP) is 8.76. The Labute approximate surface area is 286 Å². The molecule has 0 bridgehead atoms. The van der Waals surface area contributed by atoms with Crippen LogP contribution in [0.4, 0.5) is 5.69 Å². The molecule has 0 fully saturated rings. The lowest BCUT2D eigenvalue weighted by molar-refractivity contribution is -0.384. The predicted molar refractivity (Wildman–Crippen MR) is 185 cm³/mol. The summed E-state index contributed by atoms with van der Waals surface area (Å²) in [5, 5.41) is 11.3. The lowest BCUT2D eigenvalue weighted by Crippen LogP contribution is -2.45. The van der Waals surface area contributed by atoms with Crippen LogP contribution in [-0.2, 0) is 22.6 Å². The third-order valence-corrected chi connectivity index (χ3v) is 9.88. The molecule has 0 aromatic heterocycles. The average Bonchev–Trinajstić information content (AvgIpc) is 3.02. The van der Waals surface area contributed by atoms with Crippen LogP contribution in [0.1, 0.15) is 76.0 Å². The van der Waals surface area contributed by atoms with E-state index in [0.717, 1.165) is 23.4 Å². The number of non-ortho nitro benzene ring substituents is 1. The van der Waals surface area contributed by atoms with Crippen molar-refractivity contribution in [2.24, 2.45) is 10.8 Å². The van der Waals surface area contributed by atoms with Gasteiger partial charge in [0.1, 0.15) is 6.61 Å². The maximum absolute atomic E-state index is 14.2. The number of carbonyl (C=O) groups is 2. The molecule has 2 aliphatic carbocycles. The standard InChI is InChI=1S/C39H41ClN2O6/c1-38(2)19-29-35(31(43)21-38)34(36-30(20-39(3,4)22-32(36)44)41(29)16-15-24-9-7-6-8-10-24)26-17-28(40)37(33(18-26)47-5)48-23-25-11-13-27(14-12-25)42(45)46/h6-14,17-18,34H,15-16,19-23H2,1-5H3. The lowest BCUT2D eigenvalue weighted by Gasteiger charge is -2.49. The van der Waals surface area contributed by atoms with Crippen molar-refractivity contribution < 1.29 is 24.0 Å². The zero-order chi connectivity index (χ0) is 34.4. The van der Waals surface area contributed by atoms with Crippen molar-refractivity contribution in [3.8, 4) is 11.5 Å². The van der Waals surface area contributed by atoms with E-state index < -0.39 is 10.8 Å². The van der Waals surface area contributed by atoms with Gasteiger partial charge in [-0.15, -0.1) is 0 Å². The normalized spacial score (nSPS) is 18.8. The molecule has 6 rings (SSSR count). The van der Waals surface area contributed by atoms with Crippen molar-refractivity contribution in [2.75, 3.05) is 13.7 Å². The van der Waals surface area contributed by atoms with Crippen molar-refractivity contribution in [1.82, 2.24) is 4.90 Å². The first-order valence-corrected chi connectivity index (χ1v) is 16.7. The van der Waals surface area contributed by atoms with E-state index in [0.29, 0.717) is 60.4 Å². The number of allylic oxidation sites excluding steroid dienone is 4. The molecule has 0 saturated carbocycles. The number of Topliss-reactive ketones (excluding diaryl/α,β-unsaturated/α-hetero) is 2. The minimum atomic E-state index is -0.578. The number of halogens is 1. The molecule has 1 aliphatic heterocycles. The largest absolute Gasteiger partial charge is 0.493 e. The molecule has 1 heterocycles. The number of ketones is 2. The topological polar surface area (TPSA) is 99.0 Å². The van der Waals surface area contributed by atoms with Gasteiger partial charge in [-0.05, 0) is 71.0 Å². The van der Waals surface area contributed by atoms with Crippen LogP contribution in [0.3, 0.4) is 0 Å². The zero-order valence-electron chi connectivity index (χ0n) is 28.1. The van der Waals surface area contributed by atoms with Gasteiger partial charge in [0.2, 0.25) is 0 Å². The molecular weight excluding hydrogens is 628 g/mol. The second-order valence-corrected chi connectivity index (χ2v) is 15.1. The molecule has 9 heteroatoms. The van der Waals surface area contributed by atoms with Crippen LogP contribution in [0.15, 0.2) is 89.3 Å². The van der Waals surface area contributed by atoms with Crippen LogP contribution in [-0.4, -0.2) is 35.0 Å². The average molecular weight is 669 g/mol. The maximum Gasteiger partial charge on any atom is 0.269 e. The summed E-state index contributed by atoms with van der Waals surface area (Å²) < 4.78 is 11.9. The number of carbonyl (C=O) groups excluding carboxylic acids is 2. The quantitative estimate of drug-likeness (QED) is 0.166. The van der Waals surface area contributed by atoms with Gasteiger partial charge < -0.3 is 14.4 Å². The summed E-state index contributed by atoms with van der Waals surface area (Å²) in [4.78, 5) is 41.4. The van der Waals surface area contributed by atoms with Crippen molar-refractivity contribution in [3.05, 3.63) is 121 Å². The van der Waals surface area contributed by atoms with Gasteiger partial charge in [-0.3, -0.25) is 19.7 Å². The minimum Gasteiger partial charge on any atom is -0.493 e. The van der Waals surface area contributed by atoms with Crippen LogP contribution in [0.5, 0.6) is 11.5 Å². The Morgan fingerprint density at radius 3 is 1.98 bits per heavy atom. The second kappa shape index (κ2) is 12.9. The summed E-state index contributed by atoms with van der Waals surface area (Å²) in [6.07, 6.45) is 2.98. The number of rotatable bonds is 9. The van der Waals surface area contributed by atoms with Crippen LogP contribution in [0, 0.1) is 20.9 Å². The molecule has 0 unspecified atom stereocenters. The Hall–Kier alpha value is -4.43. The van der Waals surface area contributed by atoms with Crippen LogP contribution in [0.2, 0.25) is 5.02 Å². The van der Waals surface area contributed by atoms with E-state index >= 15 is 0 Å². The highest BCUT2D eigenvalue weighted by Gasteiger charge is 2.49. The molecule has 8 nitrogen and oxygen atoms in total. The monoisotopic (exact) mass is 668 g/mol. The first-order valence-electron chi connectivity index (χ1n) is 16.3. The van der Waals surface area contributed by atoms with Gasteiger partial charge >= 0.3 is 0 Å². The second-order valence-electron chi connectivity index (χ2n) is 14.7. The highest BCUT2D eigenvalue weighted by molar-refractivity contribution is 6.32. The van der Waals surface area contributed by atoms with Gasteiger partial charge in [0.05, 0.1) is 17.1 Å². The number of ether oxygens (including phenoxy) is 2. The van der Waals surface area contributed by atoms with E-state index in [1.165, 1.54) is 24.8 Å². The number of nitrogens with zero attached hydrogens (tertiary/aromatic N) is 2. The first kappa shape index (κ1) is 33.5. The fourth-order valence-electron chi connectivity index (χ4n) is 7.45. The van der Waals surface area contributed by atoms with Gasteiger partial charge in [-0.2, -0.15) is 0 Å². The molecule has 250 valence electrons. The third kappa shape index (κ3) is 6.63. The summed E-state index contributed by atoms with van der Waals surface area (Å²) >= 11 is 6.92. The van der Waals surface area contributed by atoms with E-state index in [4.69, 9.17) is 21.1 Å². The highest BCUT2D eigenvalue weighted by Crippen LogP contribution is 2.55. The Balaban J connectivity index is 1.44. The van der Waals surface area contributed by atoms with Crippen molar-refractivity contribution in [2.45, 2.75) is 72.3 Å². The molecule has 0 spiro atoms. The molecule has 3 aromatic carbocycles. The molecule has 0 atom stereocenters. The van der Waals surface area contributed by atoms with E-state index in [1.807, 2.05) is 24.3 Å². The highest BCUT2D eigenvalue weighted by atomic mass is 35.5. The minimum absolute atomic E-state index is 0.00604. The third-order valence-electron chi connectivity index (χ3n) is 9.60. The zero-order valence-corrected chi connectivity index (χ0v) is 28.9. The Morgan fingerprint density at radius 1 is 0.854 bits per heavy atom. The summed E-state index contributed by atoms with van der Waals surface area (Å²) in [5.41, 5.74) is 5.50. The Morgan fingerprint density at radius 2 is 1.44 bits per heavy atom. The number of hydrogen-bond donors (Lipinski definition) is 0. The van der Waals surface area contributed by atoms with Gasteiger partial charge in [0.15, 0.2) is 23.1 Å². The maximum atomic E-state index is 14.2. The number of benzene rings is 3. The number of nitro groups is 1. The molecule has 48 heavy (non-hydrogen) atoms. The van der Waals surface area contributed by atoms with Gasteiger partial charge in [0.25, 0.3) is 5.69 Å². The lowest BCUT2D eigenvalue weighted by atomic mass is 9.63. The van der Waals surface area contributed by atoms with Crippen LogP contribution < -0.4 is 9.47 Å². The summed E-state index contributed by atoms with van der Waals surface area (Å²) in [5.74, 6) is 0.215. The molecule has 0 saturated heterocycles. The Bertz CT molecular complexity index is 1790. The Kier molecular flexibility index (Phi) is 8.98. The first-order chi connectivity index (χ1) is 22.8. The van der Waals surface area contributed by atoms with Gasteiger partial charge in [-0.1, -0.05) is 69.6 Å². The van der Waals surface area contributed by atoms with E-state index in [2.05, 4.69) is 44.7 Å². The molecular formula is C39H41ClN2O6. The smallest absolute Gasteiger partial charge is 0.269 e. The number of nitro benzene ring substituents is 1. The molecule has 0 N–H and O–H groups in total. The summed E-state index contributed by atoms with van der Waals surface area (Å²) in [6.45, 7) is 9.32. The van der Waals surface area contributed by atoms with Crippen LogP contribution >= 0.6 is 11.6 Å². The molecule has 3 aromatic rings. The van der Waals surface area contributed by atoms with Crippen LogP contribution in [0.25, 0.3) is 0 Å². The molecule has 0 radical (unpaired) electrons. The number of hydrogen-bond acceptors (Lipinski definition) is 7. The fourth-order valence-corrected chi connectivity index (χ4v) is 7.73. The van der Waals surface area contributed by atoms with Crippen molar-refractivity contribution >= 4 is 28.9 Å². The van der Waals surface area contributed by atoms with E-state index in [1.54, 1.807) is 18.2 Å². The van der Waals surface area contributed by atoms with Crippen molar-refractivity contribution in [1.29, 1.82) is 0 Å². The molecule has 3 aliphatic rings. The van der Waals surface area contributed by atoms with Crippen molar-refractivity contribution in [3.63, 3.8) is 0 Å². The van der Waals surface area contributed by atoms with E-state index in [9.17, 15) is 19.7 Å². The SMILES string of the molecule is COc1cc(C2C3=C(CC(C)(C)CC3=O)N(CCc3ccccc3)C3=C2C(=O)CC(C)(C)C3)cc(Cl)c1OCc1ccc([N+](=O)[O-])cc1. The van der Waals surface area contributed by atoms with Gasteiger partial charge in [-0.25, -0.2) is 0 Å². The van der Waals surface area contributed by atoms with Gasteiger partial charge in [0, 0.05) is 60.0 Å². The van der Waals surface area contributed by atoms with E-state index in [-0.39, 0.29) is 39.7 Å². The summed E-state index contributed by atoms with van der Waals surface area (Å²) in [6, 6.07) is 20.0.